The number of aryl methyl sites for hydroxylation is 2. The van der Waals surface area contributed by atoms with Crippen LogP contribution in [0, 0.1) is 19.8 Å². The fourth-order valence-corrected chi connectivity index (χ4v) is 4.38. The predicted molar refractivity (Wildman–Crippen MR) is 110 cm³/mol. The minimum absolute atomic E-state index is 0.0164. The monoisotopic (exact) mass is 401 g/mol. The quantitative estimate of drug-likeness (QED) is 0.675. The molecule has 0 aliphatic carbocycles. The van der Waals surface area contributed by atoms with E-state index >= 15 is 0 Å². The number of hydrogen-bond acceptors (Lipinski definition) is 5. The van der Waals surface area contributed by atoms with Crippen molar-refractivity contribution >= 4 is 23.2 Å². The second-order valence-corrected chi connectivity index (χ2v) is 8.08. The van der Waals surface area contributed by atoms with E-state index in [0.717, 1.165) is 35.3 Å². The smallest absolute Gasteiger partial charge is 0.310 e. The van der Waals surface area contributed by atoms with Crippen molar-refractivity contribution in [3.8, 4) is 5.75 Å². The Hall–Kier alpha value is -2.34. The van der Waals surface area contributed by atoms with Crippen LogP contribution in [0.15, 0.2) is 29.6 Å². The Balaban J connectivity index is 1.61. The average molecular weight is 402 g/mol. The van der Waals surface area contributed by atoms with Gasteiger partial charge in [-0.1, -0.05) is 18.2 Å². The Kier molecular flexibility index (Phi) is 6.73. The molecule has 6 heteroatoms. The number of para-hydroxylation sites is 1. The van der Waals surface area contributed by atoms with Gasteiger partial charge in [-0.05, 0) is 56.2 Å². The third kappa shape index (κ3) is 4.73. The lowest BCUT2D eigenvalue weighted by Gasteiger charge is -2.31. The molecule has 0 saturated carbocycles. The van der Waals surface area contributed by atoms with Crippen molar-refractivity contribution in [2.24, 2.45) is 5.92 Å². The minimum atomic E-state index is -0.218. The first-order valence-electron chi connectivity index (χ1n) is 9.72. The van der Waals surface area contributed by atoms with E-state index < -0.39 is 0 Å². The van der Waals surface area contributed by atoms with Crippen molar-refractivity contribution in [1.29, 1.82) is 0 Å². The predicted octanol–water partition coefficient (Wildman–Crippen LogP) is 4.36. The first-order valence-corrected chi connectivity index (χ1v) is 10.6. The molecule has 150 valence electrons. The largest absolute Gasteiger partial charge is 0.488 e. The summed E-state index contributed by atoms with van der Waals surface area (Å²) in [7, 11) is 0. The molecular weight excluding hydrogens is 374 g/mol. The van der Waals surface area contributed by atoms with Gasteiger partial charge in [0.25, 0.3) is 5.91 Å². The summed E-state index contributed by atoms with van der Waals surface area (Å²) in [6.45, 7) is 7.78. The molecule has 28 heavy (non-hydrogen) atoms. The van der Waals surface area contributed by atoms with Gasteiger partial charge >= 0.3 is 5.97 Å². The van der Waals surface area contributed by atoms with Crippen LogP contribution in [0.5, 0.6) is 5.75 Å². The lowest BCUT2D eigenvalue weighted by Crippen LogP contribution is -2.42. The molecule has 1 fully saturated rings. The molecule has 1 aromatic carbocycles. The topological polar surface area (TPSA) is 55.8 Å². The highest BCUT2D eigenvalue weighted by Crippen LogP contribution is 2.26. The summed E-state index contributed by atoms with van der Waals surface area (Å²) in [5.41, 5.74) is 3.18. The van der Waals surface area contributed by atoms with Crippen molar-refractivity contribution in [1.82, 2.24) is 4.90 Å². The zero-order valence-corrected chi connectivity index (χ0v) is 17.5. The summed E-state index contributed by atoms with van der Waals surface area (Å²) < 4.78 is 11.1. The van der Waals surface area contributed by atoms with Gasteiger partial charge in [-0.2, -0.15) is 0 Å². The summed E-state index contributed by atoms with van der Waals surface area (Å²) in [5.74, 6) is 0.463. The molecule has 3 rings (SSSR count). The van der Waals surface area contributed by atoms with Crippen LogP contribution >= 0.6 is 11.3 Å². The van der Waals surface area contributed by atoms with E-state index in [-0.39, 0.29) is 17.8 Å². The zero-order valence-electron chi connectivity index (χ0n) is 16.7. The van der Waals surface area contributed by atoms with Crippen molar-refractivity contribution in [2.75, 3.05) is 19.7 Å². The van der Waals surface area contributed by atoms with E-state index in [1.54, 1.807) is 11.8 Å². The van der Waals surface area contributed by atoms with Crippen LogP contribution in [-0.2, 0) is 16.1 Å². The van der Waals surface area contributed by atoms with Crippen LogP contribution in [0.25, 0.3) is 0 Å². The highest BCUT2D eigenvalue weighted by Gasteiger charge is 2.30. The molecule has 1 aliphatic rings. The number of amides is 1. The Morgan fingerprint density at radius 1 is 1.25 bits per heavy atom. The van der Waals surface area contributed by atoms with Gasteiger partial charge in [0.05, 0.1) is 17.4 Å². The fraction of sp³-hybridized carbons (Fsp3) is 0.455. The molecule has 2 aromatic rings. The van der Waals surface area contributed by atoms with Gasteiger partial charge in [0.2, 0.25) is 0 Å². The fourth-order valence-electron chi connectivity index (χ4n) is 3.52. The highest BCUT2D eigenvalue weighted by molar-refractivity contribution is 7.12. The summed E-state index contributed by atoms with van der Waals surface area (Å²) >= 11 is 1.43. The second kappa shape index (κ2) is 9.24. The zero-order chi connectivity index (χ0) is 20.1. The Bertz CT molecular complexity index is 825. The molecule has 1 unspecified atom stereocenters. The molecule has 2 heterocycles. The molecule has 1 amide bonds. The number of carbonyl (C=O) groups excluding carboxylic acids is 2. The van der Waals surface area contributed by atoms with Gasteiger partial charge in [0, 0.05) is 18.7 Å². The maximum Gasteiger partial charge on any atom is 0.310 e. The third-order valence-electron chi connectivity index (χ3n) is 4.99. The van der Waals surface area contributed by atoms with Crippen LogP contribution in [0.4, 0.5) is 0 Å². The van der Waals surface area contributed by atoms with Gasteiger partial charge in [0.15, 0.2) is 0 Å². The number of hydrogen-bond donors (Lipinski definition) is 0. The summed E-state index contributed by atoms with van der Waals surface area (Å²) in [6, 6.07) is 7.97. The third-order valence-corrected chi connectivity index (χ3v) is 5.95. The molecule has 1 aliphatic heterocycles. The average Bonchev–Trinajstić information content (AvgIpc) is 3.16. The second-order valence-electron chi connectivity index (χ2n) is 7.17. The van der Waals surface area contributed by atoms with Crippen LogP contribution in [-0.4, -0.2) is 36.5 Å². The molecule has 1 atom stereocenters. The van der Waals surface area contributed by atoms with E-state index in [1.807, 2.05) is 43.5 Å². The normalized spacial score (nSPS) is 16.7. The summed E-state index contributed by atoms with van der Waals surface area (Å²) in [4.78, 5) is 27.3. The van der Waals surface area contributed by atoms with Gasteiger partial charge in [0.1, 0.15) is 12.4 Å². The SMILES string of the molecule is CCOC(=O)C1CCCN(C(=O)c2cc(COc3c(C)cccc3C)cs2)C1. The molecular formula is C22H27NO4S. The lowest BCUT2D eigenvalue weighted by molar-refractivity contribution is -0.149. The van der Waals surface area contributed by atoms with Crippen molar-refractivity contribution in [2.45, 2.75) is 40.2 Å². The van der Waals surface area contributed by atoms with E-state index in [1.165, 1.54) is 11.3 Å². The molecule has 1 aromatic heterocycles. The van der Waals surface area contributed by atoms with Crippen LogP contribution < -0.4 is 4.74 Å². The number of rotatable bonds is 6. The standard InChI is InChI=1S/C22H27NO4S/c1-4-26-22(25)18-9-6-10-23(12-18)21(24)19-11-17(14-28-19)13-27-20-15(2)7-5-8-16(20)3/h5,7-8,11,14,18H,4,6,9-10,12-13H2,1-3H3. The van der Waals surface area contributed by atoms with Crippen molar-refractivity contribution in [3.63, 3.8) is 0 Å². The Morgan fingerprint density at radius 3 is 2.71 bits per heavy atom. The number of benzene rings is 1. The van der Waals surface area contributed by atoms with E-state index in [4.69, 9.17) is 9.47 Å². The Labute approximate surface area is 170 Å². The summed E-state index contributed by atoms with van der Waals surface area (Å²) in [5, 5.41) is 1.97. The molecule has 0 N–H and O–H groups in total. The number of thiophene rings is 1. The van der Waals surface area contributed by atoms with E-state index in [2.05, 4.69) is 0 Å². The van der Waals surface area contributed by atoms with Crippen LogP contribution in [0.1, 0.15) is 46.1 Å². The van der Waals surface area contributed by atoms with E-state index in [0.29, 0.717) is 31.2 Å². The molecule has 0 bridgehead atoms. The number of nitrogens with zero attached hydrogens (tertiary/aromatic N) is 1. The maximum atomic E-state index is 12.9. The first kappa shape index (κ1) is 20.4. The Morgan fingerprint density at radius 2 is 2.00 bits per heavy atom. The number of ether oxygens (including phenoxy) is 2. The van der Waals surface area contributed by atoms with Gasteiger partial charge in [-0.25, -0.2) is 0 Å². The van der Waals surface area contributed by atoms with Gasteiger partial charge < -0.3 is 14.4 Å². The maximum absolute atomic E-state index is 12.9. The highest BCUT2D eigenvalue weighted by atomic mass is 32.1. The molecule has 5 nitrogen and oxygen atoms in total. The van der Waals surface area contributed by atoms with Gasteiger partial charge in [-0.15, -0.1) is 11.3 Å². The summed E-state index contributed by atoms with van der Waals surface area (Å²) in [6.07, 6.45) is 1.60. The van der Waals surface area contributed by atoms with Crippen LogP contribution in [0.2, 0.25) is 0 Å². The number of carbonyl (C=O) groups is 2. The molecule has 1 saturated heterocycles. The lowest BCUT2D eigenvalue weighted by atomic mass is 9.98. The van der Waals surface area contributed by atoms with Gasteiger partial charge in [-0.3, -0.25) is 9.59 Å². The number of esters is 1. The molecule has 0 radical (unpaired) electrons. The van der Waals surface area contributed by atoms with Crippen molar-refractivity contribution in [3.05, 3.63) is 51.2 Å². The first-order chi connectivity index (χ1) is 13.5. The van der Waals surface area contributed by atoms with E-state index in [9.17, 15) is 9.59 Å². The van der Waals surface area contributed by atoms with Crippen LogP contribution in [0.3, 0.4) is 0 Å². The number of likely N-dealkylation sites (tertiary alicyclic amines) is 1. The number of piperidine rings is 1. The molecule has 0 spiro atoms. The minimum Gasteiger partial charge on any atom is -0.488 e. The van der Waals surface area contributed by atoms with Crippen molar-refractivity contribution < 1.29 is 19.1 Å².